The van der Waals surface area contributed by atoms with Crippen molar-refractivity contribution in [3.8, 4) is 0 Å². The average Bonchev–Trinajstić information content (AvgIpc) is 1.50. The van der Waals surface area contributed by atoms with E-state index in [1.54, 1.807) is 83.3 Å². The van der Waals surface area contributed by atoms with Gasteiger partial charge in [0.15, 0.2) is 0 Å². The van der Waals surface area contributed by atoms with E-state index in [0.717, 1.165) is 17.9 Å². The smallest absolute Gasteiger partial charge is 0.252 e. The highest BCUT2D eigenvalue weighted by molar-refractivity contribution is 7.00. The second-order valence-corrected chi connectivity index (χ2v) is 40.3. The molecule has 1 saturated heterocycles. The van der Waals surface area contributed by atoms with E-state index in [1.807, 2.05) is 0 Å². The van der Waals surface area contributed by atoms with Gasteiger partial charge in [-0.05, 0) is 232 Å². The zero-order valence-electron chi connectivity index (χ0n) is 65.4. The molecule has 0 N–H and O–H groups in total. The number of anilines is 9. The van der Waals surface area contributed by atoms with Crippen molar-refractivity contribution in [1.29, 1.82) is 0 Å². The lowest BCUT2D eigenvalue weighted by atomic mass is 9.32. The van der Waals surface area contributed by atoms with Crippen molar-refractivity contribution in [2.24, 2.45) is 10.8 Å². The third-order valence-electron chi connectivity index (χ3n) is 36.2. The Kier molecular flexibility index (Phi) is 13.1. The van der Waals surface area contributed by atoms with Gasteiger partial charge in [0.25, 0.3) is 6.71 Å². The van der Waals surface area contributed by atoms with Crippen LogP contribution in [-0.4, -0.2) is 41.1 Å². The van der Waals surface area contributed by atoms with Crippen molar-refractivity contribution in [2.75, 3.05) is 24.5 Å². The lowest BCUT2D eigenvalue weighted by molar-refractivity contribution is 0.110. The van der Waals surface area contributed by atoms with Crippen molar-refractivity contribution in [1.82, 2.24) is 0 Å². The van der Waals surface area contributed by atoms with E-state index in [1.165, 1.54) is 199 Å². The van der Waals surface area contributed by atoms with Gasteiger partial charge in [0.2, 0.25) is 6.71 Å². The summed E-state index contributed by atoms with van der Waals surface area (Å²) in [6, 6.07) is 50.9. The summed E-state index contributed by atoms with van der Waals surface area (Å²) in [4.78, 5) is 14.4. The number of nitrogens with zero attached hydrogens (tertiary/aromatic N) is 5. The topological polar surface area (TPSA) is 16.2 Å². The van der Waals surface area contributed by atoms with Gasteiger partial charge >= 0.3 is 0 Å². The van der Waals surface area contributed by atoms with Gasteiger partial charge in [0.1, 0.15) is 0 Å². The highest BCUT2D eigenvalue weighted by atomic mass is 35.5. The second kappa shape index (κ2) is 21.0. The largest absolute Gasteiger partial charge is 0.335 e. The summed E-state index contributed by atoms with van der Waals surface area (Å²) in [6.45, 7) is 31.6. The van der Waals surface area contributed by atoms with Crippen molar-refractivity contribution < 1.29 is 0 Å². The molecule has 536 valence electrons. The minimum absolute atomic E-state index is 0.0211. The van der Waals surface area contributed by atoms with E-state index < -0.39 is 0 Å². The van der Waals surface area contributed by atoms with E-state index in [4.69, 9.17) is 11.6 Å². The third-order valence-corrected chi connectivity index (χ3v) is 36.4. The molecule has 0 aromatic heterocycles. The Balaban J connectivity index is 0.000000113. The van der Waals surface area contributed by atoms with E-state index in [2.05, 4.69) is 247 Å². The van der Waals surface area contributed by atoms with Crippen LogP contribution < -0.4 is 51.8 Å². The van der Waals surface area contributed by atoms with Gasteiger partial charge in [0.05, 0.1) is 52.4 Å². The maximum absolute atomic E-state index is 7.13. The van der Waals surface area contributed by atoms with Gasteiger partial charge < -0.3 is 24.5 Å². The quantitative estimate of drug-likeness (QED) is 0.120. The molecule has 12 unspecified atom stereocenters. The molecule has 6 saturated carbocycles. The summed E-state index contributed by atoms with van der Waals surface area (Å²) in [5.74, 6) is 0. The van der Waals surface area contributed by atoms with Crippen LogP contribution in [0, 0.1) is 17.3 Å². The van der Waals surface area contributed by atoms with E-state index in [-0.39, 0.29) is 61.5 Å². The van der Waals surface area contributed by atoms with Crippen LogP contribution in [0.2, 0.25) is 5.02 Å². The van der Waals surface area contributed by atoms with Gasteiger partial charge in [0, 0.05) is 90.0 Å². The number of hydrogen-bond acceptors (Lipinski definition) is 5. The molecule has 9 aliphatic heterocycles. The molecule has 12 atom stereocenters. The first kappa shape index (κ1) is 65.4. The summed E-state index contributed by atoms with van der Waals surface area (Å²) in [5, 5.41) is 0.886. The fraction of sp³-hybridized carbons (Fsp3) is 0.515. The first-order valence-electron chi connectivity index (χ1n) is 42.3. The molecule has 7 fully saturated rings. The molecule has 0 bridgehead atoms. The maximum Gasteiger partial charge on any atom is 0.252 e. The Labute approximate surface area is 634 Å². The number of allylic oxidation sites excluding steroid dienone is 3. The van der Waals surface area contributed by atoms with Crippen LogP contribution in [0.25, 0.3) is 0 Å². The highest BCUT2D eigenvalue weighted by Gasteiger charge is 2.70. The lowest BCUT2D eigenvalue weighted by Crippen LogP contribution is -2.66. The van der Waals surface area contributed by atoms with Crippen LogP contribution in [0.5, 0.6) is 0 Å². The summed E-state index contributed by atoms with van der Waals surface area (Å²) in [7, 11) is 0. The van der Waals surface area contributed by atoms with Gasteiger partial charge in [-0.15, -0.1) is 0 Å². The number of benzene rings is 7. The molecule has 7 aromatic rings. The molecule has 5 nitrogen and oxygen atoms in total. The molecule has 105 heavy (non-hydrogen) atoms. The van der Waals surface area contributed by atoms with E-state index in [0.29, 0.717) is 17.5 Å². The molecule has 24 rings (SSSR count). The second-order valence-electron chi connectivity index (χ2n) is 39.9. The van der Waals surface area contributed by atoms with Gasteiger partial charge in [-0.3, -0.25) is 0 Å². The Morgan fingerprint density at radius 2 is 0.790 bits per heavy atom. The average molecular weight is 1400 g/mol. The number of halogens is 1. The first-order valence-corrected chi connectivity index (χ1v) is 42.7. The minimum atomic E-state index is 0.0211. The molecular weight excluding hydrogens is 1290 g/mol. The van der Waals surface area contributed by atoms with Crippen LogP contribution in [-0.2, 0) is 33.5 Å². The predicted octanol–water partition coefficient (Wildman–Crippen LogP) is 21.6. The maximum atomic E-state index is 7.13. The molecular formula is C97H111B2ClN5+. The fourth-order valence-electron chi connectivity index (χ4n) is 29.4. The van der Waals surface area contributed by atoms with Crippen LogP contribution in [0.4, 0.5) is 51.2 Å². The molecule has 8 heteroatoms. The number of para-hydroxylation sites is 4. The van der Waals surface area contributed by atoms with Gasteiger partial charge in [-0.1, -0.05) is 226 Å². The van der Waals surface area contributed by atoms with Crippen LogP contribution in [0.15, 0.2) is 150 Å². The van der Waals surface area contributed by atoms with Crippen LogP contribution in [0.3, 0.4) is 0 Å². The SMILES string of the molecule is CC12CCCCC1(C)N(c1cc3c4c(c1)N1c5c(cccc5C5(C)CCCCC15C)B4c1cccc4c1N3C1(C)CCCCC41C)c1ccccc12.CC12CCCCC1(C)c1ccccc1C2.CC12C[CH+]CCC1(C)N1C3=C(CCC=C32)B2c3cccc4c3N(c3cc(Cl)cc1c32)C1(C)CCCCC41C. The Hall–Kier alpha value is -6.69. The normalized spacial score (nSPS) is 37.2. The fourth-order valence-corrected chi connectivity index (χ4v) is 29.6. The molecule has 7 aromatic carbocycles. The van der Waals surface area contributed by atoms with Gasteiger partial charge in [-0.25, -0.2) is 0 Å². The number of hydrogen-bond donors (Lipinski definition) is 0. The summed E-state index contributed by atoms with van der Waals surface area (Å²) < 4.78 is 0. The monoisotopic (exact) mass is 1400 g/mol. The molecule has 8 aliphatic carbocycles. The molecule has 0 radical (unpaired) electrons. The van der Waals surface area contributed by atoms with Crippen molar-refractivity contribution in [3.63, 3.8) is 0 Å². The summed E-state index contributed by atoms with van der Waals surface area (Å²) >= 11 is 7.13. The van der Waals surface area contributed by atoms with Crippen molar-refractivity contribution in [3.05, 3.63) is 195 Å². The predicted molar refractivity (Wildman–Crippen MR) is 444 cm³/mol. The molecule has 0 amide bonds. The Bertz CT molecular complexity index is 4970. The first-order chi connectivity index (χ1) is 50.4. The van der Waals surface area contributed by atoms with Crippen LogP contribution >= 0.6 is 11.6 Å². The van der Waals surface area contributed by atoms with Crippen molar-refractivity contribution >= 4 is 104 Å². The Morgan fingerprint density at radius 1 is 0.371 bits per heavy atom. The molecule has 17 aliphatic rings. The van der Waals surface area contributed by atoms with Crippen LogP contribution in [0.1, 0.15) is 277 Å². The zero-order chi connectivity index (χ0) is 71.5. The lowest BCUT2D eigenvalue weighted by Gasteiger charge is -2.55. The molecule has 0 spiro atoms. The zero-order valence-corrected chi connectivity index (χ0v) is 66.2. The number of rotatable bonds is 1. The van der Waals surface area contributed by atoms with Crippen molar-refractivity contribution in [2.45, 2.75) is 305 Å². The molecule has 9 heterocycles. The summed E-state index contributed by atoms with van der Waals surface area (Å²) in [6.07, 6.45) is 38.5. The summed E-state index contributed by atoms with van der Waals surface area (Å²) in [5.41, 5.74) is 37.4. The minimum Gasteiger partial charge on any atom is -0.335 e. The van der Waals surface area contributed by atoms with E-state index >= 15 is 0 Å². The van der Waals surface area contributed by atoms with E-state index in [9.17, 15) is 0 Å². The Morgan fingerprint density at radius 3 is 1.34 bits per heavy atom. The number of fused-ring (bicyclic) bond motifs is 26. The third kappa shape index (κ3) is 7.37. The standard InChI is InChI=1S/C48H54BN3.C34H37BClN2.C15H20/c1-43-23-9-12-26-46(43,4)50(37-22-8-7-17-32(37)43)31-29-38-40-39(30-31)52-42-34(45(3)25-11-14-28-48(45,52)6)19-16-21-36(42)49(40)35-20-15-18-33-41(35)51(38)47(5)27-13-10-24-44(33,47)2;1-31-15-5-7-17-33(31,3)37-26-19-21(36)20-27-28(26)35(24-13-9-11-22(31)29(24)37)25-14-10-12-23-30(25)38(27)34(4)18-8-6-16-32(23,34)2;1-14-9-5-6-10-15(14,2)13-8-4-3-7-12(13)11-14/h7-8,15-22,29-30H,9-14,23-28H2,1-6H3;5,10-12,14,19-20H,6-9,13,15-18H2,1-4H3;3-4,7-8H,5-6,9-11H2,1-2H3/q;+1;. The highest BCUT2D eigenvalue weighted by Crippen LogP contribution is 2.71. The van der Waals surface area contributed by atoms with Gasteiger partial charge in [-0.2, -0.15) is 0 Å².